The molecule has 0 unspecified atom stereocenters. The predicted molar refractivity (Wildman–Crippen MR) is 102 cm³/mol. The third kappa shape index (κ3) is 4.26. The van der Waals surface area contributed by atoms with Crippen LogP contribution in [-0.2, 0) is 19.5 Å². The molecule has 0 aromatic heterocycles. The molecule has 0 aliphatic carbocycles. The lowest BCUT2D eigenvalue weighted by molar-refractivity contribution is 0.0600. The summed E-state index contributed by atoms with van der Waals surface area (Å²) in [6.07, 6.45) is 0. The maximum absolute atomic E-state index is 12.9. The van der Waals surface area contributed by atoms with Crippen molar-refractivity contribution in [3.63, 3.8) is 0 Å². The monoisotopic (exact) mass is 397 g/mol. The van der Waals surface area contributed by atoms with Gasteiger partial charge in [-0.2, -0.15) is 4.31 Å². The first-order valence-electron chi connectivity index (χ1n) is 9.25. The summed E-state index contributed by atoms with van der Waals surface area (Å²) >= 11 is 0. The number of likely N-dealkylation sites (N-methyl/N-ethyl adjacent to an activating group) is 1. The highest BCUT2D eigenvalue weighted by atomic mass is 32.2. The van der Waals surface area contributed by atoms with Gasteiger partial charge in [0, 0.05) is 39.3 Å². The van der Waals surface area contributed by atoms with Crippen molar-refractivity contribution in [2.75, 3.05) is 71.0 Å². The molecular formula is C18H27N3O5S. The zero-order valence-electron chi connectivity index (χ0n) is 15.9. The zero-order chi connectivity index (χ0) is 19.4. The number of carbonyl (C=O) groups excluding carboxylic acids is 1. The van der Waals surface area contributed by atoms with Crippen LogP contribution in [0, 0.1) is 0 Å². The van der Waals surface area contributed by atoms with E-state index in [1.807, 2.05) is 0 Å². The number of hydrogen-bond donors (Lipinski definition) is 0. The first-order valence-corrected chi connectivity index (χ1v) is 10.7. The van der Waals surface area contributed by atoms with Gasteiger partial charge in [0.25, 0.3) is 0 Å². The molecule has 0 bridgehead atoms. The Kier molecular flexibility index (Phi) is 6.36. The second-order valence-corrected chi connectivity index (χ2v) is 8.55. The van der Waals surface area contributed by atoms with Crippen LogP contribution < -0.4 is 4.90 Å². The summed E-state index contributed by atoms with van der Waals surface area (Å²) in [4.78, 5) is 16.9. The van der Waals surface area contributed by atoms with Crippen molar-refractivity contribution < 1.29 is 22.7 Å². The predicted octanol–water partition coefficient (Wildman–Crippen LogP) is 0.636. The molecule has 0 atom stereocenters. The van der Waals surface area contributed by atoms with Crippen molar-refractivity contribution in [3.8, 4) is 0 Å². The van der Waals surface area contributed by atoms with Crippen LogP contribution in [0.3, 0.4) is 0 Å². The number of methoxy groups -OCH3 is 1. The van der Waals surface area contributed by atoms with Crippen molar-refractivity contribution in [1.82, 2.24) is 9.21 Å². The van der Waals surface area contributed by atoms with Gasteiger partial charge in [0.05, 0.1) is 36.5 Å². The Labute approximate surface area is 160 Å². The van der Waals surface area contributed by atoms with Gasteiger partial charge >= 0.3 is 5.97 Å². The number of rotatable bonds is 5. The van der Waals surface area contributed by atoms with Crippen molar-refractivity contribution >= 4 is 21.7 Å². The van der Waals surface area contributed by atoms with Gasteiger partial charge in [0.15, 0.2) is 0 Å². The number of ether oxygens (including phenoxy) is 2. The summed E-state index contributed by atoms with van der Waals surface area (Å²) in [5.74, 6) is -0.526. The summed E-state index contributed by atoms with van der Waals surface area (Å²) < 4.78 is 37.4. The second-order valence-electron chi connectivity index (χ2n) is 6.61. The van der Waals surface area contributed by atoms with E-state index in [-0.39, 0.29) is 10.5 Å². The zero-order valence-corrected chi connectivity index (χ0v) is 16.7. The van der Waals surface area contributed by atoms with Gasteiger partial charge in [-0.25, -0.2) is 13.2 Å². The molecule has 0 saturated carbocycles. The third-order valence-electron chi connectivity index (χ3n) is 5.14. The molecule has 2 fully saturated rings. The van der Waals surface area contributed by atoms with Crippen molar-refractivity contribution in [3.05, 3.63) is 23.8 Å². The molecule has 27 heavy (non-hydrogen) atoms. The Hall–Kier alpha value is -1.68. The molecule has 2 saturated heterocycles. The lowest BCUT2D eigenvalue weighted by atomic mass is 10.1. The molecule has 0 radical (unpaired) electrons. The molecule has 3 rings (SSSR count). The minimum absolute atomic E-state index is 0.112. The normalized spacial score (nSPS) is 19.9. The molecule has 8 nitrogen and oxygen atoms in total. The summed E-state index contributed by atoms with van der Waals surface area (Å²) in [5, 5.41) is 0. The molecule has 2 heterocycles. The van der Waals surface area contributed by atoms with E-state index >= 15 is 0 Å². The van der Waals surface area contributed by atoms with E-state index in [4.69, 9.17) is 9.47 Å². The molecule has 0 spiro atoms. The maximum atomic E-state index is 12.9. The third-order valence-corrected chi connectivity index (χ3v) is 7.04. The summed E-state index contributed by atoms with van der Waals surface area (Å²) in [6, 6.07) is 4.75. The van der Waals surface area contributed by atoms with Crippen LogP contribution in [0.15, 0.2) is 23.1 Å². The molecule has 0 N–H and O–H groups in total. The quantitative estimate of drug-likeness (QED) is 0.675. The van der Waals surface area contributed by atoms with Crippen LogP contribution >= 0.6 is 0 Å². The smallest absolute Gasteiger partial charge is 0.340 e. The number of carbonyl (C=O) groups is 1. The Bertz CT molecular complexity index is 769. The lowest BCUT2D eigenvalue weighted by Gasteiger charge is -2.36. The van der Waals surface area contributed by atoms with Crippen LogP contribution in [0.5, 0.6) is 0 Å². The highest BCUT2D eigenvalue weighted by Gasteiger charge is 2.29. The first kappa shape index (κ1) is 20.1. The molecule has 2 aliphatic heterocycles. The van der Waals surface area contributed by atoms with Crippen LogP contribution in [-0.4, -0.2) is 89.7 Å². The van der Waals surface area contributed by atoms with Gasteiger partial charge in [0.1, 0.15) is 0 Å². The van der Waals surface area contributed by atoms with Gasteiger partial charge in [-0.15, -0.1) is 0 Å². The second kappa shape index (κ2) is 8.55. The van der Waals surface area contributed by atoms with E-state index in [2.05, 4.69) is 16.7 Å². The molecule has 0 amide bonds. The minimum atomic E-state index is -3.67. The highest BCUT2D eigenvalue weighted by Crippen LogP contribution is 2.28. The van der Waals surface area contributed by atoms with Gasteiger partial charge in [-0.1, -0.05) is 6.92 Å². The molecule has 9 heteroatoms. The number of hydrogen-bond acceptors (Lipinski definition) is 7. The van der Waals surface area contributed by atoms with Crippen LogP contribution in [0.1, 0.15) is 17.3 Å². The highest BCUT2D eigenvalue weighted by molar-refractivity contribution is 7.89. The topological polar surface area (TPSA) is 79.4 Å². The van der Waals surface area contributed by atoms with Gasteiger partial charge in [-0.05, 0) is 24.7 Å². The van der Waals surface area contributed by atoms with Crippen molar-refractivity contribution in [2.24, 2.45) is 0 Å². The van der Waals surface area contributed by atoms with E-state index in [1.165, 1.54) is 17.5 Å². The fraction of sp³-hybridized carbons (Fsp3) is 0.611. The van der Waals surface area contributed by atoms with Crippen molar-refractivity contribution in [1.29, 1.82) is 0 Å². The van der Waals surface area contributed by atoms with E-state index in [9.17, 15) is 13.2 Å². The largest absolute Gasteiger partial charge is 0.465 e. The van der Waals surface area contributed by atoms with Crippen LogP contribution in [0.2, 0.25) is 0 Å². The Morgan fingerprint density at radius 1 is 1.11 bits per heavy atom. The van der Waals surface area contributed by atoms with Gasteiger partial charge in [0.2, 0.25) is 10.0 Å². The number of piperazine rings is 1. The van der Waals surface area contributed by atoms with Gasteiger partial charge in [-0.3, -0.25) is 0 Å². The Morgan fingerprint density at radius 3 is 2.37 bits per heavy atom. The van der Waals surface area contributed by atoms with Crippen LogP contribution in [0.4, 0.5) is 5.69 Å². The Morgan fingerprint density at radius 2 is 1.78 bits per heavy atom. The first-order chi connectivity index (χ1) is 13.0. The molecule has 2 aliphatic rings. The van der Waals surface area contributed by atoms with E-state index in [1.54, 1.807) is 12.1 Å². The van der Waals surface area contributed by atoms with Crippen molar-refractivity contribution in [2.45, 2.75) is 11.8 Å². The SMILES string of the molecule is CCN1CCN(c2ccc(S(=O)(=O)N3CCOCC3)cc2C(=O)OC)CC1. The number of esters is 1. The summed E-state index contributed by atoms with van der Waals surface area (Å²) in [7, 11) is -2.36. The minimum Gasteiger partial charge on any atom is -0.465 e. The number of sulfonamides is 1. The fourth-order valence-electron chi connectivity index (χ4n) is 3.47. The lowest BCUT2D eigenvalue weighted by Crippen LogP contribution is -2.46. The number of benzene rings is 1. The molecule has 1 aromatic carbocycles. The molecule has 1 aromatic rings. The van der Waals surface area contributed by atoms with E-state index in [0.29, 0.717) is 26.3 Å². The summed E-state index contributed by atoms with van der Waals surface area (Å²) in [6.45, 7) is 7.89. The average Bonchev–Trinajstić information content (AvgIpc) is 2.73. The van der Waals surface area contributed by atoms with E-state index < -0.39 is 16.0 Å². The van der Waals surface area contributed by atoms with Gasteiger partial charge < -0.3 is 19.3 Å². The van der Waals surface area contributed by atoms with Crippen LogP contribution in [0.25, 0.3) is 0 Å². The summed E-state index contributed by atoms with van der Waals surface area (Å²) in [5.41, 5.74) is 1.01. The average molecular weight is 397 g/mol. The number of morpholine rings is 1. The standard InChI is InChI=1S/C18H27N3O5S/c1-3-19-6-8-20(9-7-19)17-5-4-15(14-16(17)18(22)25-2)27(23,24)21-10-12-26-13-11-21/h4-5,14H,3,6-13H2,1-2H3. The number of nitrogens with zero attached hydrogens (tertiary/aromatic N) is 3. The Balaban J connectivity index is 1.91. The van der Waals surface area contributed by atoms with E-state index in [0.717, 1.165) is 38.4 Å². The molecular weight excluding hydrogens is 370 g/mol. The molecule has 150 valence electrons. The fourth-order valence-corrected chi connectivity index (χ4v) is 4.90. The number of anilines is 1. The maximum Gasteiger partial charge on any atom is 0.340 e.